The Kier molecular flexibility index (Phi) is 7.08. The summed E-state index contributed by atoms with van der Waals surface area (Å²) in [6, 6.07) is 6.19. The van der Waals surface area contributed by atoms with Gasteiger partial charge in [-0.2, -0.15) is 0 Å². The number of carbonyl (C=O) groups is 2. The predicted molar refractivity (Wildman–Crippen MR) is 80.6 cm³/mol. The molecule has 0 saturated heterocycles. The number of aromatic hydroxyl groups is 1. The van der Waals surface area contributed by atoms with E-state index >= 15 is 0 Å². The van der Waals surface area contributed by atoms with Gasteiger partial charge < -0.3 is 15.5 Å². The van der Waals surface area contributed by atoms with Crippen LogP contribution < -0.4 is 10.2 Å². The first-order valence-electron chi connectivity index (χ1n) is 7.03. The normalized spacial score (nSPS) is 10.1. The molecule has 2 amide bonds. The number of hydrogen-bond donors (Lipinski definition) is 3. The Hall–Kier alpha value is -2.24. The third-order valence-corrected chi connectivity index (χ3v) is 3.14. The van der Waals surface area contributed by atoms with Gasteiger partial charge in [0.1, 0.15) is 5.75 Å². The van der Waals surface area contributed by atoms with Crippen LogP contribution in [0.4, 0.5) is 10.5 Å². The molecule has 0 aliphatic heterocycles. The maximum Gasteiger partial charge on any atom is 0.321 e. The van der Waals surface area contributed by atoms with Crippen LogP contribution >= 0.6 is 0 Å². The second-order valence-corrected chi connectivity index (χ2v) is 4.87. The van der Waals surface area contributed by atoms with Crippen LogP contribution in [0.2, 0.25) is 0 Å². The number of carboxylic acids is 1. The van der Waals surface area contributed by atoms with Gasteiger partial charge in [0.15, 0.2) is 0 Å². The van der Waals surface area contributed by atoms with Crippen molar-refractivity contribution in [3.63, 3.8) is 0 Å². The Morgan fingerprint density at radius 3 is 2.33 bits per heavy atom. The van der Waals surface area contributed by atoms with Crippen LogP contribution in [0, 0.1) is 0 Å². The molecule has 0 atom stereocenters. The summed E-state index contributed by atoms with van der Waals surface area (Å²) in [7, 11) is 1.66. The molecule has 1 aromatic carbocycles. The molecule has 1 aromatic rings. The minimum atomic E-state index is -0.765. The van der Waals surface area contributed by atoms with Gasteiger partial charge in [0, 0.05) is 25.7 Å². The Morgan fingerprint density at radius 1 is 1.10 bits per heavy atom. The van der Waals surface area contributed by atoms with Gasteiger partial charge in [-0.15, -0.1) is 0 Å². The van der Waals surface area contributed by atoms with Crippen molar-refractivity contribution in [1.29, 1.82) is 0 Å². The van der Waals surface area contributed by atoms with Gasteiger partial charge in [-0.1, -0.05) is 12.8 Å². The zero-order valence-electron chi connectivity index (χ0n) is 12.2. The highest BCUT2D eigenvalue weighted by Crippen LogP contribution is 2.17. The minimum absolute atomic E-state index is 0.161. The first kappa shape index (κ1) is 16.8. The van der Waals surface area contributed by atoms with E-state index in [4.69, 9.17) is 5.11 Å². The van der Waals surface area contributed by atoms with E-state index in [-0.39, 0.29) is 18.2 Å². The maximum atomic E-state index is 11.9. The van der Waals surface area contributed by atoms with E-state index in [9.17, 15) is 14.7 Å². The fourth-order valence-electron chi connectivity index (χ4n) is 1.86. The molecule has 116 valence electrons. The molecule has 6 nitrogen and oxygen atoms in total. The van der Waals surface area contributed by atoms with E-state index in [0.717, 1.165) is 19.3 Å². The first-order chi connectivity index (χ1) is 10.0. The van der Waals surface area contributed by atoms with Crippen LogP contribution in [-0.4, -0.2) is 35.8 Å². The average molecular weight is 294 g/mol. The number of carbonyl (C=O) groups excluding carboxylic acids is 1. The smallest absolute Gasteiger partial charge is 0.321 e. The number of carboxylic acid groups (broad SMARTS) is 1. The highest BCUT2D eigenvalue weighted by atomic mass is 16.4. The Labute approximate surface area is 124 Å². The SMILES string of the molecule is CN(C(=O)NCCCCCCC(=O)O)c1ccc(O)cc1. The fourth-order valence-corrected chi connectivity index (χ4v) is 1.86. The summed E-state index contributed by atoms with van der Waals surface area (Å²) in [4.78, 5) is 23.7. The van der Waals surface area contributed by atoms with Crippen molar-refractivity contribution in [3.8, 4) is 5.75 Å². The van der Waals surface area contributed by atoms with Crippen molar-refractivity contribution >= 4 is 17.7 Å². The molecule has 0 radical (unpaired) electrons. The molecule has 0 unspecified atom stereocenters. The number of benzene rings is 1. The van der Waals surface area contributed by atoms with Crippen LogP contribution in [0.1, 0.15) is 32.1 Å². The quantitative estimate of drug-likeness (QED) is 0.643. The lowest BCUT2D eigenvalue weighted by atomic mass is 10.1. The Balaban J connectivity index is 2.18. The third kappa shape index (κ3) is 6.65. The summed E-state index contributed by atoms with van der Waals surface area (Å²) < 4.78 is 0. The van der Waals surface area contributed by atoms with Gasteiger partial charge in [-0.25, -0.2) is 4.79 Å². The molecule has 1 rings (SSSR count). The molecule has 0 bridgehead atoms. The zero-order chi connectivity index (χ0) is 15.7. The summed E-state index contributed by atoms with van der Waals surface area (Å²) >= 11 is 0. The molecule has 0 aliphatic carbocycles. The summed E-state index contributed by atoms with van der Waals surface area (Å²) in [5.74, 6) is -0.604. The van der Waals surface area contributed by atoms with Gasteiger partial charge in [0.25, 0.3) is 0 Å². The van der Waals surface area contributed by atoms with E-state index in [1.54, 1.807) is 19.2 Å². The number of amides is 2. The van der Waals surface area contributed by atoms with Crippen molar-refractivity contribution < 1.29 is 19.8 Å². The van der Waals surface area contributed by atoms with Crippen molar-refractivity contribution in [1.82, 2.24) is 5.32 Å². The van der Waals surface area contributed by atoms with Gasteiger partial charge in [0.05, 0.1) is 0 Å². The topological polar surface area (TPSA) is 89.9 Å². The Bertz CT molecular complexity index is 459. The van der Waals surface area contributed by atoms with Crippen LogP contribution in [0.25, 0.3) is 0 Å². The van der Waals surface area contributed by atoms with Gasteiger partial charge in [-0.3, -0.25) is 9.69 Å². The summed E-state index contributed by atoms with van der Waals surface area (Å²) in [6.07, 6.45) is 3.47. The van der Waals surface area contributed by atoms with Crippen molar-refractivity contribution in [2.75, 3.05) is 18.5 Å². The number of phenols is 1. The predicted octanol–water partition coefficient (Wildman–Crippen LogP) is 2.57. The molecule has 0 fully saturated rings. The lowest BCUT2D eigenvalue weighted by Crippen LogP contribution is -2.37. The van der Waals surface area contributed by atoms with Crippen LogP contribution in [0.3, 0.4) is 0 Å². The number of rotatable bonds is 8. The van der Waals surface area contributed by atoms with E-state index in [0.29, 0.717) is 18.7 Å². The number of urea groups is 1. The molecular formula is C15H22N2O4. The Morgan fingerprint density at radius 2 is 1.71 bits per heavy atom. The number of nitrogens with zero attached hydrogens (tertiary/aromatic N) is 1. The number of hydrogen-bond acceptors (Lipinski definition) is 3. The van der Waals surface area contributed by atoms with Crippen LogP contribution in [0.5, 0.6) is 5.75 Å². The number of unbranched alkanes of at least 4 members (excludes halogenated alkanes) is 3. The van der Waals surface area contributed by atoms with Gasteiger partial charge >= 0.3 is 12.0 Å². The molecule has 0 heterocycles. The largest absolute Gasteiger partial charge is 0.508 e. The summed E-state index contributed by atoms with van der Waals surface area (Å²) in [5.41, 5.74) is 0.701. The number of phenolic OH excluding ortho intramolecular Hbond substituents is 1. The molecular weight excluding hydrogens is 272 g/mol. The van der Waals surface area contributed by atoms with E-state index in [1.807, 2.05) is 0 Å². The zero-order valence-corrected chi connectivity index (χ0v) is 12.2. The standard InChI is InChI=1S/C15H22N2O4/c1-17(12-7-9-13(18)10-8-12)15(21)16-11-5-3-2-4-6-14(19)20/h7-10,18H,2-6,11H2,1H3,(H,16,21)(H,19,20). The lowest BCUT2D eigenvalue weighted by Gasteiger charge is -2.18. The summed E-state index contributed by atoms with van der Waals surface area (Å²) in [6.45, 7) is 0.564. The molecule has 21 heavy (non-hydrogen) atoms. The number of anilines is 1. The number of aliphatic carboxylic acids is 1. The van der Waals surface area contributed by atoms with Crippen molar-refractivity contribution in [2.24, 2.45) is 0 Å². The minimum Gasteiger partial charge on any atom is -0.508 e. The summed E-state index contributed by atoms with van der Waals surface area (Å²) in [5, 5.41) is 20.5. The first-order valence-corrected chi connectivity index (χ1v) is 7.03. The monoisotopic (exact) mass is 294 g/mol. The van der Waals surface area contributed by atoms with E-state index < -0.39 is 5.97 Å². The maximum absolute atomic E-state index is 11.9. The van der Waals surface area contributed by atoms with Gasteiger partial charge in [0.2, 0.25) is 0 Å². The molecule has 0 spiro atoms. The molecule has 3 N–H and O–H groups in total. The molecule has 6 heteroatoms. The second-order valence-electron chi connectivity index (χ2n) is 4.87. The van der Waals surface area contributed by atoms with E-state index in [1.165, 1.54) is 17.0 Å². The number of nitrogens with one attached hydrogen (secondary N) is 1. The van der Waals surface area contributed by atoms with Gasteiger partial charge in [-0.05, 0) is 37.1 Å². The molecule has 0 saturated carbocycles. The van der Waals surface area contributed by atoms with Crippen molar-refractivity contribution in [3.05, 3.63) is 24.3 Å². The highest BCUT2D eigenvalue weighted by molar-refractivity contribution is 5.91. The molecule has 0 aromatic heterocycles. The van der Waals surface area contributed by atoms with Crippen LogP contribution in [-0.2, 0) is 4.79 Å². The van der Waals surface area contributed by atoms with E-state index in [2.05, 4.69) is 5.32 Å². The molecule has 0 aliphatic rings. The third-order valence-electron chi connectivity index (χ3n) is 3.14. The lowest BCUT2D eigenvalue weighted by molar-refractivity contribution is -0.137. The second kappa shape index (κ2) is 8.84. The van der Waals surface area contributed by atoms with Crippen molar-refractivity contribution in [2.45, 2.75) is 32.1 Å². The fraction of sp³-hybridized carbons (Fsp3) is 0.467. The average Bonchev–Trinajstić information content (AvgIpc) is 2.45. The highest BCUT2D eigenvalue weighted by Gasteiger charge is 2.09. The van der Waals surface area contributed by atoms with Crippen LogP contribution in [0.15, 0.2) is 24.3 Å².